The molecule has 2 nitrogen and oxygen atoms in total. The number of piperidine rings is 1. The molecule has 1 saturated heterocycles. The van der Waals surface area contributed by atoms with Gasteiger partial charge >= 0.3 is 0 Å². The van der Waals surface area contributed by atoms with Gasteiger partial charge in [-0.25, -0.2) is 8.78 Å². The van der Waals surface area contributed by atoms with Gasteiger partial charge in [0.1, 0.15) is 11.6 Å². The Morgan fingerprint density at radius 2 is 2.00 bits per heavy atom. The number of hydrogen-bond donors (Lipinski definition) is 1. The second-order valence-electron chi connectivity index (χ2n) is 5.37. The topological polar surface area (TPSA) is 15.3 Å². The summed E-state index contributed by atoms with van der Waals surface area (Å²) < 4.78 is 27.6. The van der Waals surface area contributed by atoms with E-state index in [1.807, 2.05) is 14.0 Å². The quantitative estimate of drug-likeness (QED) is 0.917. The van der Waals surface area contributed by atoms with Crippen molar-refractivity contribution in [2.45, 2.75) is 25.8 Å². The van der Waals surface area contributed by atoms with Crippen LogP contribution in [0.4, 0.5) is 8.78 Å². The molecule has 20 heavy (non-hydrogen) atoms. The van der Waals surface area contributed by atoms with Crippen LogP contribution in [0.3, 0.4) is 0 Å². The van der Waals surface area contributed by atoms with Crippen molar-refractivity contribution in [3.63, 3.8) is 0 Å². The maximum absolute atomic E-state index is 13.8. The number of benzene rings is 1. The zero-order valence-electron chi connectivity index (χ0n) is 12.0. The number of likely N-dealkylation sites (tertiary alicyclic amines) is 1. The summed E-state index contributed by atoms with van der Waals surface area (Å²) in [7, 11) is 1.94. The average molecular weight is 305 g/mol. The fraction of sp³-hybridized carbons (Fsp3) is 0.600. The Morgan fingerprint density at radius 1 is 1.35 bits per heavy atom. The van der Waals surface area contributed by atoms with Gasteiger partial charge in [0.05, 0.1) is 0 Å². The van der Waals surface area contributed by atoms with E-state index >= 15 is 0 Å². The van der Waals surface area contributed by atoms with E-state index in [-0.39, 0.29) is 24.0 Å². The molecule has 2 unspecified atom stereocenters. The highest BCUT2D eigenvalue weighted by molar-refractivity contribution is 5.85. The smallest absolute Gasteiger partial charge is 0.130 e. The molecule has 1 aliphatic rings. The maximum atomic E-state index is 13.8. The number of rotatable bonds is 4. The summed E-state index contributed by atoms with van der Waals surface area (Å²) in [5.74, 6) is -0.317. The van der Waals surface area contributed by atoms with E-state index in [1.54, 1.807) is 0 Å². The Balaban J connectivity index is 0.00000200. The van der Waals surface area contributed by atoms with E-state index in [4.69, 9.17) is 0 Å². The third-order valence-corrected chi connectivity index (χ3v) is 4.01. The van der Waals surface area contributed by atoms with Crippen molar-refractivity contribution in [1.82, 2.24) is 10.2 Å². The second kappa shape index (κ2) is 7.91. The predicted octanol–water partition coefficient (Wildman–Crippen LogP) is 3.38. The van der Waals surface area contributed by atoms with Crippen molar-refractivity contribution >= 4 is 12.4 Å². The molecule has 0 bridgehead atoms. The molecule has 0 aliphatic carbocycles. The third-order valence-electron chi connectivity index (χ3n) is 4.01. The highest BCUT2D eigenvalue weighted by atomic mass is 35.5. The number of nitrogens with zero attached hydrogens (tertiary/aromatic N) is 1. The van der Waals surface area contributed by atoms with E-state index < -0.39 is 11.6 Å². The molecule has 1 N–H and O–H groups in total. The first-order valence-electron chi connectivity index (χ1n) is 6.96. The minimum absolute atomic E-state index is 0. The first kappa shape index (κ1) is 17.3. The van der Waals surface area contributed by atoms with Crippen LogP contribution in [-0.4, -0.2) is 31.6 Å². The number of halogens is 3. The molecule has 2 atom stereocenters. The average Bonchev–Trinajstić information content (AvgIpc) is 2.39. The fourth-order valence-electron chi connectivity index (χ4n) is 3.00. The lowest BCUT2D eigenvalue weighted by atomic mass is 9.95. The summed E-state index contributed by atoms with van der Waals surface area (Å²) >= 11 is 0. The molecule has 1 heterocycles. The van der Waals surface area contributed by atoms with E-state index in [2.05, 4.69) is 10.2 Å². The zero-order chi connectivity index (χ0) is 13.8. The zero-order valence-corrected chi connectivity index (χ0v) is 12.9. The molecule has 0 saturated carbocycles. The van der Waals surface area contributed by atoms with Gasteiger partial charge in [0.25, 0.3) is 0 Å². The van der Waals surface area contributed by atoms with Crippen molar-refractivity contribution < 1.29 is 8.78 Å². The number of hydrogen-bond acceptors (Lipinski definition) is 2. The van der Waals surface area contributed by atoms with Gasteiger partial charge in [0.2, 0.25) is 0 Å². The van der Waals surface area contributed by atoms with Crippen LogP contribution in [0.1, 0.15) is 31.4 Å². The van der Waals surface area contributed by atoms with Gasteiger partial charge in [-0.2, -0.15) is 0 Å². The van der Waals surface area contributed by atoms with Gasteiger partial charge in [0, 0.05) is 18.2 Å². The Kier molecular flexibility index (Phi) is 6.86. The van der Waals surface area contributed by atoms with Crippen LogP contribution in [0, 0.1) is 17.6 Å². The fourth-order valence-corrected chi connectivity index (χ4v) is 3.00. The van der Waals surface area contributed by atoms with Gasteiger partial charge in [-0.05, 0) is 58.0 Å². The maximum Gasteiger partial charge on any atom is 0.130 e. The van der Waals surface area contributed by atoms with E-state index in [0.29, 0.717) is 5.92 Å². The molecule has 1 aliphatic heterocycles. The van der Waals surface area contributed by atoms with Crippen LogP contribution in [-0.2, 0) is 0 Å². The molecule has 0 amide bonds. The first-order valence-corrected chi connectivity index (χ1v) is 6.96. The summed E-state index contributed by atoms with van der Waals surface area (Å²) in [5, 5.41) is 3.18. The molecular weight excluding hydrogens is 282 g/mol. The van der Waals surface area contributed by atoms with Gasteiger partial charge in [-0.1, -0.05) is 6.07 Å². The van der Waals surface area contributed by atoms with E-state index in [0.717, 1.165) is 26.1 Å². The first-order chi connectivity index (χ1) is 9.13. The summed E-state index contributed by atoms with van der Waals surface area (Å²) in [5.41, 5.74) is 0.201. The Bertz CT molecular complexity index is 406. The molecular formula is C15H23ClF2N2. The monoisotopic (exact) mass is 304 g/mol. The molecule has 114 valence electrons. The molecule has 0 aromatic heterocycles. The van der Waals surface area contributed by atoms with E-state index in [1.165, 1.54) is 24.6 Å². The summed E-state index contributed by atoms with van der Waals surface area (Å²) in [6.07, 6.45) is 2.27. The lowest BCUT2D eigenvalue weighted by Crippen LogP contribution is -2.40. The highest BCUT2D eigenvalue weighted by Gasteiger charge is 2.27. The summed E-state index contributed by atoms with van der Waals surface area (Å²) in [4.78, 5) is 2.19. The Labute approximate surface area is 126 Å². The highest BCUT2D eigenvalue weighted by Crippen LogP contribution is 2.29. The molecule has 1 aromatic carbocycles. The van der Waals surface area contributed by atoms with Crippen molar-refractivity contribution in [2.24, 2.45) is 5.92 Å². The largest absolute Gasteiger partial charge is 0.319 e. The standard InChI is InChI=1S/C15H22F2N2.ClH/c1-11(15-13(16)6-3-7-14(15)17)19-8-4-5-12(10-19)9-18-2;/h3,6-7,11-12,18H,4-5,8-10H2,1-2H3;1H. The molecule has 0 radical (unpaired) electrons. The molecule has 1 fully saturated rings. The van der Waals surface area contributed by atoms with Crippen molar-refractivity contribution in [3.05, 3.63) is 35.4 Å². The minimum atomic E-state index is -0.441. The van der Waals surface area contributed by atoms with Gasteiger partial charge in [-0.3, -0.25) is 4.90 Å². The van der Waals surface area contributed by atoms with Gasteiger partial charge in [-0.15, -0.1) is 12.4 Å². The predicted molar refractivity (Wildman–Crippen MR) is 80.2 cm³/mol. The molecule has 1 aromatic rings. The second-order valence-corrected chi connectivity index (χ2v) is 5.37. The van der Waals surface area contributed by atoms with Gasteiger partial charge in [0.15, 0.2) is 0 Å². The third kappa shape index (κ3) is 3.90. The lowest BCUT2D eigenvalue weighted by Gasteiger charge is -2.37. The Morgan fingerprint density at radius 3 is 2.60 bits per heavy atom. The van der Waals surface area contributed by atoms with Gasteiger partial charge < -0.3 is 5.32 Å². The number of nitrogens with one attached hydrogen (secondary N) is 1. The van der Waals surface area contributed by atoms with Crippen LogP contribution < -0.4 is 5.32 Å². The lowest BCUT2D eigenvalue weighted by molar-refractivity contribution is 0.127. The van der Waals surface area contributed by atoms with Crippen molar-refractivity contribution in [1.29, 1.82) is 0 Å². The normalized spacial score (nSPS) is 21.3. The molecule has 2 rings (SSSR count). The van der Waals surface area contributed by atoms with Crippen LogP contribution in [0.5, 0.6) is 0 Å². The summed E-state index contributed by atoms with van der Waals surface area (Å²) in [6, 6.07) is 3.88. The molecule has 0 spiro atoms. The Hall–Kier alpha value is -0.710. The van der Waals surface area contributed by atoms with Crippen LogP contribution in [0.15, 0.2) is 18.2 Å². The van der Waals surface area contributed by atoms with E-state index in [9.17, 15) is 8.78 Å². The molecule has 5 heteroatoms. The van der Waals surface area contributed by atoms with Crippen molar-refractivity contribution in [2.75, 3.05) is 26.7 Å². The minimum Gasteiger partial charge on any atom is -0.319 e. The van der Waals surface area contributed by atoms with Crippen LogP contribution >= 0.6 is 12.4 Å². The van der Waals surface area contributed by atoms with Crippen LogP contribution in [0.2, 0.25) is 0 Å². The summed E-state index contributed by atoms with van der Waals surface area (Å²) in [6.45, 7) is 4.66. The SMILES string of the molecule is CNCC1CCCN(C(C)c2c(F)cccc2F)C1.Cl. The van der Waals surface area contributed by atoms with Crippen molar-refractivity contribution in [3.8, 4) is 0 Å². The van der Waals surface area contributed by atoms with Crippen LogP contribution in [0.25, 0.3) is 0 Å².